The Labute approximate surface area is 192 Å². The van der Waals surface area contributed by atoms with Gasteiger partial charge in [-0.05, 0) is 54.0 Å². The van der Waals surface area contributed by atoms with Gasteiger partial charge in [0.05, 0.1) is 5.54 Å². The highest BCUT2D eigenvalue weighted by Gasteiger charge is 2.38. The van der Waals surface area contributed by atoms with E-state index >= 15 is 0 Å². The monoisotopic (exact) mass is 450 g/mol. The van der Waals surface area contributed by atoms with Gasteiger partial charge in [0.15, 0.2) is 5.82 Å². The first kappa shape index (κ1) is 24.4. The molecule has 0 spiro atoms. The molecule has 2 fully saturated rings. The van der Waals surface area contributed by atoms with Gasteiger partial charge < -0.3 is 10.2 Å². The van der Waals surface area contributed by atoms with Crippen molar-refractivity contribution in [3.8, 4) is 0 Å². The van der Waals surface area contributed by atoms with E-state index < -0.39 is 0 Å². The highest BCUT2D eigenvalue weighted by molar-refractivity contribution is 7.09. The molecule has 2 aliphatic heterocycles. The van der Waals surface area contributed by atoms with E-state index in [4.69, 9.17) is 9.36 Å². The van der Waals surface area contributed by atoms with E-state index in [2.05, 4.69) is 49.7 Å². The second kappa shape index (κ2) is 8.94. The molecule has 0 aromatic carbocycles. The second-order valence-corrected chi connectivity index (χ2v) is 12.3. The summed E-state index contributed by atoms with van der Waals surface area (Å²) in [7, 11) is 0. The Bertz CT molecular complexity index is 755. The van der Waals surface area contributed by atoms with Gasteiger partial charge in [-0.1, -0.05) is 20.8 Å². The standard InChI is InChI=1S/C23H42N6OS/c1-21(2,3)19(30)27-12-14-28(15-13-27)23(7,8)18-25-20(31-26-18)24-16-17-10-9-11-29(17)22(4,5)6/h17H,9-16H2,1-8H3,(H,24,25,26)/t17-/m0/s1. The fourth-order valence-electron chi connectivity index (χ4n) is 4.76. The number of hydrogen-bond acceptors (Lipinski definition) is 7. The number of nitrogens with zero attached hydrogens (tertiary/aromatic N) is 5. The number of anilines is 1. The van der Waals surface area contributed by atoms with E-state index in [9.17, 15) is 4.79 Å². The SMILES string of the molecule is CC(C)(C)C(=O)N1CCN(C(C)(C)c2nsc(NC[C@@H]3CCCN3C(C)(C)C)n2)CC1. The van der Waals surface area contributed by atoms with Crippen LogP contribution >= 0.6 is 11.5 Å². The molecule has 1 aromatic heterocycles. The van der Waals surface area contributed by atoms with Crippen LogP contribution in [0.4, 0.5) is 5.13 Å². The van der Waals surface area contributed by atoms with Crippen LogP contribution in [0.25, 0.3) is 0 Å². The minimum atomic E-state index is -0.323. The number of hydrogen-bond donors (Lipinski definition) is 1. The van der Waals surface area contributed by atoms with Crippen molar-refractivity contribution in [2.45, 2.75) is 85.4 Å². The number of aromatic nitrogens is 2. The van der Waals surface area contributed by atoms with Crippen molar-refractivity contribution in [1.29, 1.82) is 0 Å². The molecule has 1 amide bonds. The molecular formula is C23H42N6OS. The normalized spacial score (nSPS) is 22.2. The zero-order chi connectivity index (χ0) is 23.0. The molecular weight excluding hydrogens is 408 g/mol. The van der Waals surface area contributed by atoms with Crippen LogP contribution in [0.1, 0.15) is 74.1 Å². The molecule has 3 rings (SSSR count). The highest BCUT2D eigenvalue weighted by Crippen LogP contribution is 2.31. The van der Waals surface area contributed by atoms with E-state index in [1.165, 1.54) is 30.9 Å². The van der Waals surface area contributed by atoms with Crippen LogP contribution in [0.2, 0.25) is 0 Å². The summed E-state index contributed by atoms with van der Waals surface area (Å²) in [5, 5.41) is 4.46. The average molecular weight is 451 g/mol. The van der Waals surface area contributed by atoms with Crippen LogP contribution in [0.5, 0.6) is 0 Å². The topological polar surface area (TPSA) is 64.6 Å². The summed E-state index contributed by atoms with van der Waals surface area (Å²) >= 11 is 1.46. The van der Waals surface area contributed by atoms with E-state index in [-0.39, 0.29) is 22.4 Å². The van der Waals surface area contributed by atoms with Crippen LogP contribution in [0, 0.1) is 5.41 Å². The first-order chi connectivity index (χ1) is 14.3. The Morgan fingerprint density at radius 2 is 1.68 bits per heavy atom. The number of rotatable bonds is 5. The van der Waals surface area contributed by atoms with Crippen LogP contribution in [0.15, 0.2) is 0 Å². The molecule has 2 aliphatic rings. The van der Waals surface area contributed by atoms with Crippen LogP contribution in [-0.4, -0.2) is 80.8 Å². The van der Waals surface area contributed by atoms with E-state index in [1.807, 2.05) is 25.7 Å². The molecule has 7 nitrogen and oxygen atoms in total. The third-order valence-corrected chi connectivity index (χ3v) is 7.37. The molecule has 0 radical (unpaired) electrons. The highest BCUT2D eigenvalue weighted by atomic mass is 32.1. The third-order valence-electron chi connectivity index (χ3n) is 6.70. The van der Waals surface area contributed by atoms with Gasteiger partial charge >= 0.3 is 0 Å². The maximum Gasteiger partial charge on any atom is 0.228 e. The number of nitrogens with one attached hydrogen (secondary N) is 1. The van der Waals surface area contributed by atoms with Crippen LogP contribution < -0.4 is 5.32 Å². The van der Waals surface area contributed by atoms with Gasteiger partial charge in [0.25, 0.3) is 0 Å². The van der Waals surface area contributed by atoms with Gasteiger partial charge in [-0.3, -0.25) is 14.6 Å². The van der Waals surface area contributed by atoms with Crippen molar-refractivity contribution < 1.29 is 4.79 Å². The lowest BCUT2D eigenvalue weighted by molar-refractivity contribution is -0.142. The lowest BCUT2D eigenvalue weighted by atomic mass is 9.94. The van der Waals surface area contributed by atoms with Crippen molar-refractivity contribution in [3.05, 3.63) is 5.82 Å². The number of carbonyl (C=O) groups excluding carboxylic acids is 1. The number of likely N-dealkylation sites (tertiary alicyclic amines) is 1. The third kappa shape index (κ3) is 5.57. The number of carbonyl (C=O) groups is 1. The Balaban J connectivity index is 1.57. The summed E-state index contributed by atoms with van der Waals surface area (Å²) in [5.41, 5.74) is -0.373. The predicted molar refractivity (Wildman–Crippen MR) is 129 cm³/mol. The molecule has 2 saturated heterocycles. The summed E-state index contributed by atoms with van der Waals surface area (Å²) in [5.74, 6) is 1.11. The Morgan fingerprint density at radius 3 is 2.26 bits per heavy atom. The van der Waals surface area contributed by atoms with Crippen molar-refractivity contribution in [1.82, 2.24) is 24.1 Å². The Morgan fingerprint density at radius 1 is 1.03 bits per heavy atom. The molecule has 0 bridgehead atoms. The Hall–Kier alpha value is -1.25. The smallest absolute Gasteiger partial charge is 0.228 e. The van der Waals surface area contributed by atoms with Gasteiger partial charge in [0.1, 0.15) is 0 Å². The van der Waals surface area contributed by atoms with Crippen molar-refractivity contribution in [2.75, 3.05) is 44.6 Å². The summed E-state index contributed by atoms with van der Waals surface area (Å²) < 4.78 is 4.70. The maximum atomic E-state index is 12.6. The van der Waals surface area contributed by atoms with Gasteiger partial charge in [-0.15, -0.1) is 0 Å². The lowest BCUT2D eigenvalue weighted by Gasteiger charge is -2.43. The molecule has 1 N–H and O–H groups in total. The van der Waals surface area contributed by atoms with Crippen molar-refractivity contribution >= 4 is 22.6 Å². The zero-order valence-electron chi connectivity index (χ0n) is 20.8. The minimum Gasteiger partial charge on any atom is -0.359 e. The summed E-state index contributed by atoms with van der Waals surface area (Å²) in [6.45, 7) is 22.6. The van der Waals surface area contributed by atoms with Gasteiger partial charge in [-0.2, -0.15) is 4.37 Å². The molecule has 0 unspecified atom stereocenters. The Kier molecular flexibility index (Phi) is 7.04. The van der Waals surface area contributed by atoms with E-state index in [1.54, 1.807) is 0 Å². The molecule has 0 saturated carbocycles. The fraction of sp³-hybridized carbons (Fsp3) is 0.870. The minimum absolute atomic E-state index is 0.202. The summed E-state index contributed by atoms with van der Waals surface area (Å²) in [6, 6.07) is 0.550. The maximum absolute atomic E-state index is 12.6. The first-order valence-corrected chi connectivity index (χ1v) is 12.5. The zero-order valence-corrected chi connectivity index (χ0v) is 21.6. The van der Waals surface area contributed by atoms with E-state index in [0.29, 0.717) is 6.04 Å². The molecule has 1 atom stereocenters. The molecule has 0 aliphatic carbocycles. The predicted octanol–water partition coefficient (Wildman–Crippen LogP) is 3.64. The largest absolute Gasteiger partial charge is 0.359 e. The number of piperazine rings is 1. The molecule has 8 heteroatoms. The summed E-state index contributed by atoms with van der Waals surface area (Å²) in [6.07, 6.45) is 2.50. The van der Waals surface area contributed by atoms with Crippen LogP contribution in [-0.2, 0) is 10.3 Å². The number of amides is 1. The summed E-state index contributed by atoms with van der Waals surface area (Å²) in [4.78, 5) is 24.4. The van der Waals surface area contributed by atoms with E-state index in [0.717, 1.165) is 43.7 Å². The molecule has 31 heavy (non-hydrogen) atoms. The quantitative estimate of drug-likeness (QED) is 0.739. The second-order valence-electron chi connectivity index (χ2n) is 11.6. The average Bonchev–Trinajstić information content (AvgIpc) is 3.34. The van der Waals surface area contributed by atoms with Crippen molar-refractivity contribution in [3.63, 3.8) is 0 Å². The van der Waals surface area contributed by atoms with Crippen molar-refractivity contribution in [2.24, 2.45) is 5.41 Å². The molecule has 176 valence electrons. The van der Waals surface area contributed by atoms with Gasteiger partial charge in [-0.25, -0.2) is 4.98 Å². The fourth-order valence-corrected chi connectivity index (χ4v) is 5.48. The van der Waals surface area contributed by atoms with Gasteiger partial charge in [0, 0.05) is 61.3 Å². The first-order valence-electron chi connectivity index (χ1n) is 11.7. The molecule has 1 aromatic rings. The van der Waals surface area contributed by atoms with Gasteiger partial charge in [0.2, 0.25) is 11.0 Å². The lowest BCUT2D eigenvalue weighted by Crippen LogP contribution is -2.56. The van der Waals surface area contributed by atoms with Crippen LogP contribution in [0.3, 0.4) is 0 Å². The molecule has 3 heterocycles.